The minimum atomic E-state index is 0. The van der Waals surface area contributed by atoms with Crippen LogP contribution in [0.2, 0.25) is 0 Å². The summed E-state index contributed by atoms with van der Waals surface area (Å²) in [4.78, 5) is 3.35. The van der Waals surface area contributed by atoms with E-state index in [1.165, 1.54) is 27.6 Å². The number of aromatic amines is 1. The fourth-order valence-electron chi connectivity index (χ4n) is 3.76. The first-order valence-corrected chi connectivity index (χ1v) is 8.57. The number of benzene rings is 2. The number of hydrogen-bond donors (Lipinski definition) is 3. The molecule has 1 radical (unpaired) electrons. The number of aryl methyl sites for hydroxylation is 1. The Labute approximate surface area is 178 Å². The standard InChI is InChI=1S/C21H22N2O.H2O.Y/c24-12-10-15-5-7-19-16(13-15)6-8-21(19)22-11-9-17-14-23-20-4-2-1-3-18(17)20;;/h1-5,7,10,12-14,21-24H,6,8-9,11H2;1H2;/b12-10+;;. The van der Waals surface area contributed by atoms with Crippen LogP contribution in [0, 0.1) is 0 Å². The van der Waals surface area contributed by atoms with Gasteiger partial charge in [-0.15, -0.1) is 0 Å². The molecule has 3 aromatic rings. The average molecular weight is 425 g/mol. The van der Waals surface area contributed by atoms with E-state index in [0.717, 1.165) is 37.6 Å². The normalized spacial score (nSPS) is 15.6. The van der Waals surface area contributed by atoms with Gasteiger partial charge in [-0.3, -0.25) is 0 Å². The zero-order valence-electron chi connectivity index (χ0n) is 14.7. The average Bonchev–Trinajstić information content (AvgIpc) is 3.20. The maximum absolute atomic E-state index is 8.91. The number of nitrogens with one attached hydrogen (secondary N) is 2. The molecule has 4 rings (SSSR count). The van der Waals surface area contributed by atoms with Crippen molar-refractivity contribution in [2.45, 2.75) is 25.3 Å². The van der Waals surface area contributed by atoms with E-state index in [2.05, 4.69) is 59.0 Å². The summed E-state index contributed by atoms with van der Waals surface area (Å²) in [6.45, 7) is 0.976. The van der Waals surface area contributed by atoms with Crippen molar-refractivity contribution in [3.05, 3.63) is 77.2 Å². The molecule has 0 spiro atoms. The van der Waals surface area contributed by atoms with Crippen LogP contribution in [0.25, 0.3) is 17.0 Å². The summed E-state index contributed by atoms with van der Waals surface area (Å²) in [6.07, 6.45) is 8.25. The molecular formula is C21H24N2O2Y. The third-order valence-electron chi connectivity index (χ3n) is 4.97. The molecule has 0 saturated carbocycles. The summed E-state index contributed by atoms with van der Waals surface area (Å²) in [5, 5.41) is 13.9. The van der Waals surface area contributed by atoms with Crippen LogP contribution in [-0.4, -0.2) is 22.1 Å². The van der Waals surface area contributed by atoms with E-state index in [-0.39, 0.29) is 38.2 Å². The quantitative estimate of drug-likeness (QED) is 0.545. The molecule has 0 bridgehead atoms. The molecule has 0 aliphatic heterocycles. The topological polar surface area (TPSA) is 79.6 Å². The molecule has 0 fully saturated rings. The smallest absolute Gasteiger partial charge is 0.0797 e. The Balaban J connectivity index is 0.00000121. The predicted octanol–water partition coefficient (Wildman–Crippen LogP) is 3.69. The van der Waals surface area contributed by atoms with Crippen LogP contribution in [0.1, 0.15) is 34.7 Å². The number of aromatic nitrogens is 1. The second kappa shape index (κ2) is 9.47. The van der Waals surface area contributed by atoms with Gasteiger partial charge in [0.15, 0.2) is 0 Å². The van der Waals surface area contributed by atoms with Crippen molar-refractivity contribution in [1.82, 2.24) is 10.3 Å². The van der Waals surface area contributed by atoms with Crippen LogP contribution >= 0.6 is 0 Å². The Morgan fingerprint density at radius 2 is 2.04 bits per heavy atom. The fourth-order valence-corrected chi connectivity index (χ4v) is 3.76. The van der Waals surface area contributed by atoms with E-state index < -0.39 is 0 Å². The van der Waals surface area contributed by atoms with Gasteiger partial charge >= 0.3 is 0 Å². The van der Waals surface area contributed by atoms with Crippen molar-refractivity contribution in [3.63, 3.8) is 0 Å². The van der Waals surface area contributed by atoms with Crippen LogP contribution in [0.15, 0.2) is 54.9 Å². The van der Waals surface area contributed by atoms with E-state index in [1.807, 2.05) is 0 Å². The van der Waals surface area contributed by atoms with Crippen molar-refractivity contribution >= 4 is 17.0 Å². The molecule has 1 aliphatic carbocycles. The molecule has 0 amide bonds. The zero-order valence-corrected chi connectivity index (χ0v) is 17.5. The zero-order chi connectivity index (χ0) is 16.4. The van der Waals surface area contributed by atoms with Crippen LogP contribution in [0.3, 0.4) is 0 Å². The molecule has 2 aromatic carbocycles. The van der Waals surface area contributed by atoms with E-state index >= 15 is 0 Å². The molecule has 4 nitrogen and oxygen atoms in total. The van der Waals surface area contributed by atoms with Crippen LogP contribution in [0.4, 0.5) is 0 Å². The largest absolute Gasteiger partial charge is 0.516 e. The molecule has 1 aliphatic rings. The Morgan fingerprint density at radius 1 is 1.19 bits per heavy atom. The van der Waals surface area contributed by atoms with Gasteiger partial charge in [-0.1, -0.05) is 36.4 Å². The molecule has 26 heavy (non-hydrogen) atoms. The van der Waals surface area contributed by atoms with E-state index in [4.69, 9.17) is 5.11 Å². The van der Waals surface area contributed by atoms with Crippen molar-refractivity contribution in [1.29, 1.82) is 0 Å². The van der Waals surface area contributed by atoms with Crippen LogP contribution in [0.5, 0.6) is 0 Å². The monoisotopic (exact) mass is 425 g/mol. The molecule has 0 saturated heterocycles. The van der Waals surface area contributed by atoms with Gasteiger partial charge in [0, 0.05) is 55.9 Å². The summed E-state index contributed by atoms with van der Waals surface area (Å²) in [5.41, 5.74) is 6.46. The first-order chi connectivity index (χ1) is 11.8. The van der Waals surface area contributed by atoms with Gasteiger partial charge in [0.25, 0.3) is 0 Å². The van der Waals surface area contributed by atoms with Gasteiger partial charge < -0.3 is 20.9 Å². The van der Waals surface area contributed by atoms with Gasteiger partial charge in [0.05, 0.1) is 6.26 Å². The summed E-state index contributed by atoms with van der Waals surface area (Å²) in [6, 6.07) is 15.4. The van der Waals surface area contributed by atoms with E-state index in [1.54, 1.807) is 6.08 Å². The second-order valence-corrected chi connectivity index (χ2v) is 6.43. The van der Waals surface area contributed by atoms with Gasteiger partial charge in [0.1, 0.15) is 0 Å². The number of para-hydroxylation sites is 1. The van der Waals surface area contributed by atoms with E-state index in [9.17, 15) is 0 Å². The number of hydrogen-bond acceptors (Lipinski definition) is 2. The summed E-state index contributed by atoms with van der Waals surface area (Å²) in [5.74, 6) is 0. The van der Waals surface area contributed by atoms with E-state index in [0.29, 0.717) is 6.04 Å². The minimum Gasteiger partial charge on any atom is -0.516 e. The predicted molar refractivity (Wildman–Crippen MR) is 103 cm³/mol. The molecule has 1 heterocycles. The maximum Gasteiger partial charge on any atom is 0.0797 e. The number of aliphatic hydroxyl groups excluding tert-OH is 1. The second-order valence-electron chi connectivity index (χ2n) is 6.43. The molecular weight excluding hydrogens is 401 g/mol. The van der Waals surface area contributed by atoms with Gasteiger partial charge in [-0.25, -0.2) is 0 Å². The van der Waals surface area contributed by atoms with Crippen molar-refractivity contribution < 1.29 is 43.3 Å². The Bertz CT molecular complexity index is 889. The Hall–Kier alpha value is -1.46. The molecule has 5 heteroatoms. The number of aliphatic hydroxyl groups is 1. The van der Waals surface area contributed by atoms with Gasteiger partial charge in [-0.2, -0.15) is 0 Å². The van der Waals surface area contributed by atoms with Gasteiger partial charge in [-0.05, 0) is 60.2 Å². The first kappa shape index (κ1) is 20.9. The van der Waals surface area contributed by atoms with Gasteiger partial charge in [0.2, 0.25) is 0 Å². The SMILES string of the molecule is O.O/C=C/c1ccc2c(c1)CCC2NCCc1c[nH]c2ccccc12.[Y]. The third kappa shape index (κ3) is 4.26. The molecule has 1 aromatic heterocycles. The molecule has 133 valence electrons. The Morgan fingerprint density at radius 3 is 2.88 bits per heavy atom. The summed E-state index contributed by atoms with van der Waals surface area (Å²) in [7, 11) is 0. The summed E-state index contributed by atoms with van der Waals surface area (Å²) >= 11 is 0. The van der Waals surface area contributed by atoms with Crippen LogP contribution < -0.4 is 5.32 Å². The van der Waals surface area contributed by atoms with Crippen molar-refractivity contribution in [2.75, 3.05) is 6.54 Å². The fraction of sp³-hybridized carbons (Fsp3) is 0.238. The molecule has 1 unspecified atom stereocenters. The van der Waals surface area contributed by atoms with Crippen LogP contribution in [-0.2, 0) is 45.6 Å². The summed E-state index contributed by atoms with van der Waals surface area (Å²) < 4.78 is 0. The van der Waals surface area contributed by atoms with Crippen molar-refractivity contribution in [3.8, 4) is 0 Å². The third-order valence-corrected chi connectivity index (χ3v) is 4.97. The molecule has 5 N–H and O–H groups in total. The van der Waals surface area contributed by atoms with Crippen molar-refractivity contribution in [2.24, 2.45) is 0 Å². The number of H-pyrrole nitrogens is 1. The maximum atomic E-state index is 8.91. The minimum absolute atomic E-state index is 0. The Kier molecular flexibility index (Phi) is 7.60. The molecule has 1 atom stereocenters. The first-order valence-electron chi connectivity index (χ1n) is 8.57. The number of rotatable bonds is 5. The number of fused-ring (bicyclic) bond motifs is 2.